The molecule has 1 unspecified atom stereocenters. The van der Waals surface area contributed by atoms with E-state index >= 15 is 0 Å². The van der Waals surface area contributed by atoms with E-state index in [4.69, 9.17) is 0 Å². The fraction of sp³-hybridized carbons (Fsp3) is 0.625. The van der Waals surface area contributed by atoms with Gasteiger partial charge in [0.2, 0.25) is 0 Å². The van der Waals surface area contributed by atoms with Crippen LogP contribution in [0.5, 0.6) is 0 Å². The van der Waals surface area contributed by atoms with Gasteiger partial charge in [0.1, 0.15) is 0 Å². The van der Waals surface area contributed by atoms with Crippen molar-refractivity contribution in [2.24, 2.45) is 5.92 Å². The van der Waals surface area contributed by atoms with Crippen molar-refractivity contribution in [3.63, 3.8) is 0 Å². The fourth-order valence-electron chi connectivity index (χ4n) is 2.62. The number of nitrogens with zero attached hydrogens (tertiary/aromatic N) is 2. The van der Waals surface area contributed by atoms with Crippen LogP contribution in [0, 0.1) is 5.92 Å². The quantitative estimate of drug-likeness (QED) is 0.840. The molecule has 1 aromatic heterocycles. The van der Waals surface area contributed by atoms with E-state index in [1.54, 1.807) is 12.4 Å². The number of hydrogen-bond donors (Lipinski definition) is 1. The summed E-state index contributed by atoms with van der Waals surface area (Å²) < 4.78 is 0. The van der Waals surface area contributed by atoms with Crippen molar-refractivity contribution in [2.45, 2.75) is 39.5 Å². The average Bonchev–Trinajstić information content (AvgIpc) is 2.47. The summed E-state index contributed by atoms with van der Waals surface area (Å²) in [5.41, 5.74) is 1.63. The zero-order chi connectivity index (χ0) is 14.4. The van der Waals surface area contributed by atoms with Crippen molar-refractivity contribution in [1.82, 2.24) is 9.88 Å². The van der Waals surface area contributed by atoms with Crippen LogP contribution in [-0.4, -0.2) is 35.4 Å². The minimum atomic E-state index is 0.114. The van der Waals surface area contributed by atoms with Crippen LogP contribution in [0.4, 0.5) is 5.69 Å². The van der Waals surface area contributed by atoms with Crippen LogP contribution in [-0.2, 0) is 0 Å². The van der Waals surface area contributed by atoms with Gasteiger partial charge in [0, 0.05) is 32.0 Å². The Hall–Kier alpha value is -1.58. The van der Waals surface area contributed by atoms with E-state index < -0.39 is 0 Å². The van der Waals surface area contributed by atoms with Crippen molar-refractivity contribution in [2.75, 3.05) is 25.0 Å². The lowest BCUT2D eigenvalue weighted by atomic mass is 10.00. The number of unbranched alkanes of at least 4 members (excludes halogenated alkanes) is 1. The van der Waals surface area contributed by atoms with Crippen molar-refractivity contribution >= 4 is 11.6 Å². The summed E-state index contributed by atoms with van der Waals surface area (Å²) in [5, 5.41) is 3.32. The second-order valence-electron chi connectivity index (χ2n) is 5.74. The third-order valence-corrected chi connectivity index (χ3v) is 3.79. The van der Waals surface area contributed by atoms with Crippen molar-refractivity contribution in [1.29, 1.82) is 0 Å². The number of carbonyl (C=O) groups excluding carboxylic acids is 1. The third kappa shape index (κ3) is 3.95. The molecule has 1 N–H and O–H groups in total. The van der Waals surface area contributed by atoms with E-state index in [1.807, 2.05) is 11.0 Å². The topological polar surface area (TPSA) is 45.2 Å². The molecule has 1 aliphatic heterocycles. The molecule has 4 nitrogen and oxygen atoms in total. The summed E-state index contributed by atoms with van der Waals surface area (Å²) in [6.07, 6.45) is 8.07. The Kier molecular flexibility index (Phi) is 5.39. The second kappa shape index (κ2) is 7.27. The first-order valence-corrected chi connectivity index (χ1v) is 7.69. The van der Waals surface area contributed by atoms with E-state index in [1.165, 1.54) is 6.42 Å². The number of pyridine rings is 1. The smallest absolute Gasteiger partial charge is 0.255 e. The minimum absolute atomic E-state index is 0.114. The Balaban J connectivity index is 2.00. The van der Waals surface area contributed by atoms with Gasteiger partial charge in [-0.2, -0.15) is 0 Å². The molecule has 2 rings (SSSR count). The lowest BCUT2D eigenvalue weighted by molar-refractivity contribution is 0.0682. The Morgan fingerprint density at radius 3 is 3.10 bits per heavy atom. The summed E-state index contributed by atoms with van der Waals surface area (Å²) in [6, 6.07) is 1.92. The predicted octanol–water partition coefficient (Wildman–Crippen LogP) is 3.17. The van der Waals surface area contributed by atoms with Gasteiger partial charge in [-0.25, -0.2) is 0 Å². The van der Waals surface area contributed by atoms with E-state index in [-0.39, 0.29) is 5.91 Å². The molecule has 0 spiro atoms. The van der Waals surface area contributed by atoms with Crippen molar-refractivity contribution in [3.8, 4) is 0 Å². The van der Waals surface area contributed by atoms with Crippen LogP contribution in [0.25, 0.3) is 0 Å². The highest BCUT2D eigenvalue weighted by atomic mass is 16.2. The van der Waals surface area contributed by atoms with Gasteiger partial charge < -0.3 is 10.2 Å². The first kappa shape index (κ1) is 14.8. The Morgan fingerprint density at radius 1 is 1.50 bits per heavy atom. The van der Waals surface area contributed by atoms with Gasteiger partial charge >= 0.3 is 0 Å². The van der Waals surface area contributed by atoms with Crippen LogP contribution in [0.2, 0.25) is 0 Å². The monoisotopic (exact) mass is 275 g/mol. The molecule has 1 amide bonds. The maximum Gasteiger partial charge on any atom is 0.255 e. The molecule has 1 aromatic rings. The maximum absolute atomic E-state index is 12.5. The van der Waals surface area contributed by atoms with Crippen LogP contribution >= 0.6 is 0 Å². The highest BCUT2D eigenvalue weighted by molar-refractivity contribution is 5.94. The fourth-order valence-corrected chi connectivity index (χ4v) is 2.62. The SMILES string of the molecule is CCCCNc1cncc(C(=O)N2CCCC(C)C2)c1. The predicted molar refractivity (Wildman–Crippen MR) is 81.9 cm³/mol. The third-order valence-electron chi connectivity index (χ3n) is 3.79. The van der Waals surface area contributed by atoms with Crippen LogP contribution in [0.1, 0.15) is 49.9 Å². The highest BCUT2D eigenvalue weighted by Gasteiger charge is 2.22. The molecule has 1 fully saturated rings. The lowest BCUT2D eigenvalue weighted by Gasteiger charge is -2.31. The number of rotatable bonds is 5. The number of anilines is 1. The first-order valence-electron chi connectivity index (χ1n) is 7.69. The minimum Gasteiger partial charge on any atom is -0.384 e. The molecular formula is C16H25N3O. The number of amides is 1. The number of piperidine rings is 1. The molecule has 0 saturated carbocycles. The summed E-state index contributed by atoms with van der Waals surface area (Å²) in [7, 11) is 0. The number of aromatic nitrogens is 1. The zero-order valence-electron chi connectivity index (χ0n) is 12.6. The van der Waals surface area contributed by atoms with Crippen molar-refractivity contribution < 1.29 is 4.79 Å². The Bertz CT molecular complexity index is 447. The normalized spacial score (nSPS) is 18.9. The average molecular weight is 275 g/mol. The summed E-state index contributed by atoms with van der Waals surface area (Å²) >= 11 is 0. The maximum atomic E-state index is 12.5. The Morgan fingerprint density at radius 2 is 2.35 bits per heavy atom. The number of nitrogens with one attached hydrogen (secondary N) is 1. The van der Waals surface area contributed by atoms with E-state index in [2.05, 4.69) is 24.1 Å². The summed E-state index contributed by atoms with van der Waals surface area (Å²) in [5.74, 6) is 0.717. The summed E-state index contributed by atoms with van der Waals surface area (Å²) in [6.45, 7) is 7.04. The molecule has 4 heteroatoms. The molecular weight excluding hydrogens is 250 g/mol. The molecule has 0 aliphatic carbocycles. The molecule has 110 valence electrons. The highest BCUT2D eigenvalue weighted by Crippen LogP contribution is 2.18. The standard InChI is InChI=1S/C16H25N3O/c1-3-4-7-18-15-9-14(10-17-11-15)16(20)19-8-5-6-13(2)12-19/h9-11,13,18H,3-8,12H2,1-2H3. The van der Waals surface area contributed by atoms with Crippen molar-refractivity contribution in [3.05, 3.63) is 24.0 Å². The largest absolute Gasteiger partial charge is 0.384 e. The molecule has 0 radical (unpaired) electrons. The molecule has 1 atom stereocenters. The molecule has 0 bridgehead atoms. The van der Waals surface area contributed by atoms with E-state index in [0.717, 1.165) is 44.6 Å². The molecule has 20 heavy (non-hydrogen) atoms. The summed E-state index contributed by atoms with van der Waals surface area (Å²) in [4.78, 5) is 18.6. The molecule has 1 saturated heterocycles. The molecule has 1 aliphatic rings. The number of carbonyl (C=O) groups is 1. The number of likely N-dealkylation sites (tertiary alicyclic amines) is 1. The first-order chi connectivity index (χ1) is 9.70. The van der Waals surface area contributed by atoms with Gasteiger partial charge in [-0.15, -0.1) is 0 Å². The van der Waals surface area contributed by atoms with Crippen LogP contribution in [0.3, 0.4) is 0 Å². The van der Waals surface area contributed by atoms with Gasteiger partial charge in [-0.3, -0.25) is 9.78 Å². The van der Waals surface area contributed by atoms with Gasteiger partial charge in [0.15, 0.2) is 0 Å². The van der Waals surface area contributed by atoms with Gasteiger partial charge in [-0.05, 0) is 31.2 Å². The molecule has 2 heterocycles. The Labute approximate surface area is 121 Å². The molecule has 0 aromatic carbocycles. The van der Waals surface area contributed by atoms with Crippen LogP contribution < -0.4 is 5.32 Å². The lowest BCUT2D eigenvalue weighted by Crippen LogP contribution is -2.39. The van der Waals surface area contributed by atoms with E-state index in [0.29, 0.717) is 11.5 Å². The van der Waals surface area contributed by atoms with Gasteiger partial charge in [-0.1, -0.05) is 20.3 Å². The van der Waals surface area contributed by atoms with Gasteiger partial charge in [0.25, 0.3) is 5.91 Å². The van der Waals surface area contributed by atoms with Gasteiger partial charge in [0.05, 0.1) is 11.3 Å². The van der Waals surface area contributed by atoms with E-state index in [9.17, 15) is 4.79 Å². The second-order valence-corrected chi connectivity index (χ2v) is 5.74. The zero-order valence-corrected chi connectivity index (χ0v) is 12.6. The van der Waals surface area contributed by atoms with Crippen LogP contribution in [0.15, 0.2) is 18.5 Å². The number of hydrogen-bond acceptors (Lipinski definition) is 3.